The van der Waals surface area contributed by atoms with Gasteiger partial charge in [0.05, 0.1) is 13.2 Å². The highest BCUT2D eigenvalue weighted by Crippen LogP contribution is 2.33. The molecule has 0 spiro atoms. The van der Waals surface area contributed by atoms with Gasteiger partial charge >= 0.3 is 11.9 Å². The monoisotopic (exact) mass is 598 g/mol. The summed E-state index contributed by atoms with van der Waals surface area (Å²) in [5, 5.41) is 18.9. The number of aliphatic hydroxyl groups is 2. The second kappa shape index (κ2) is 17.3. The van der Waals surface area contributed by atoms with Crippen LogP contribution < -0.4 is 0 Å². The van der Waals surface area contributed by atoms with E-state index in [9.17, 15) is 19.8 Å². The first-order chi connectivity index (χ1) is 21.2. The number of aliphatic hydroxyl groups excluding tert-OH is 2. The highest BCUT2D eigenvalue weighted by Gasteiger charge is 2.14. The Morgan fingerprint density at radius 3 is 1.89 bits per heavy atom. The summed E-state index contributed by atoms with van der Waals surface area (Å²) in [4.78, 5) is 23.7. The maximum Gasteiger partial charge on any atom is 0.333 e. The number of carbonyl (C=O) groups is 2. The second-order valence-corrected chi connectivity index (χ2v) is 11.4. The molecule has 0 fully saturated rings. The molecule has 0 aliphatic heterocycles. The van der Waals surface area contributed by atoms with Crippen LogP contribution >= 0.6 is 0 Å². The van der Waals surface area contributed by atoms with Gasteiger partial charge in [-0.2, -0.15) is 0 Å². The van der Waals surface area contributed by atoms with Gasteiger partial charge in [-0.05, 0) is 90.5 Å². The molecule has 0 aromatic heterocycles. The van der Waals surface area contributed by atoms with Crippen molar-refractivity contribution in [2.75, 3.05) is 26.4 Å². The van der Waals surface area contributed by atoms with Gasteiger partial charge < -0.3 is 19.7 Å². The second-order valence-electron chi connectivity index (χ2n) is 11.4. The summed E-state index contributed by atoms with van der Waals surface area (Å²) in [7, 11) is 0. The van der Waals surface area contributed by atoms with Gasteiger partial charge in [-0.3, -0.25) is 0 Å². The van der Waals surface area contributed by atoms with Crippen molar-refractivity contribution in [2.45, 2.75) is 59.3 Å². The molecule has 2 N–H and O–H groups in total. The average molecular weight is 599 g/mol. The minimum absolute atomic E-state index is 0.0173. The number of esters is 2. The molecular formula is C38H46O6. The lowest BCUT2D eigenvalue weighted by Gasteiger charge is -2.17. The van der Waals surface area contributed by atoms with Crippen LogP contribution in [0.25, 0.3) is 22.3 Å². The van der Waals surface area contributed by atoms with Gasteiger partial charge in [0.2, 0.25) is 0 Å². The maximum atomic E-state index is 12.1. The predicted octanol–water partition coefficient (Wildman–Crippen LogP) is 6.83. The summed E-state index contributed by atoms with van der Waals surface area (Å²) in [6.45, 7) is 13.3. The van der Waals surface area contributed by atoms with Crippen LogP contribution in [-0.2, 0) is 44.7 Å². The van der Waals surface area contributed by atoms with Gasteiger partial charge in [0.15, 0.2) is 0 Å². The van der Waals surface area contributed by atoms with E-state index < -0.39 is 5.97 Å². The first-order valence-electron chi connectivity index (χ1n) is 15.4. The van der Waals surface area contributed by atoms with Crippen molar-refractivity contribution in [3.8, 4) is 22.3 Å². The number of aryl methyl sites for hydroxylation is 3. The van der Waals surface area contributed by atoms with Crippen molar-refractivity contribution in [2.24, 2.45) is 5.92 Å². The van der Waals surface area contributed by atoms with Crippen LogP contribution in [0, 0.1) is 5.92 Å². The molecule has 0 atom stereocenters. The standard InChI is InChI=1S/C38H46O6/c1-6-31-22-29(9-10-30(24-39)25-40)13-17-35(31)36-18-16-33(23-34(36)19-21-44-38(42)27(4)5)32-14-11-28(12-15-32)8-7-20-43-37(41)26(2)3/h11-18,22-23,30,39-40H,2,4,6-10,19-21,24-25H2,1,3,5H3. The van der Waals surface area contributed by atoms with Gasteiger partial charge in [0.1, 0.15) is 0 Å². The fraction of sp³-hybridized carbons (Fsp3) is 0.368. The van der Waals surface area contributed by atoms with E-state index >= 15 is 0 Å². The van der Waals surface area contributed by atoms with Crippen molar-refractivity contribution >= 4 is 11.9 Å². The Labute approximate surface area is 262 Å². The molecule has 0 radical (unpaired) electrons. The number of hydrogen-bond donors (Lipinski definition) is 2. The zero-order valence-electron chi connectivity index (χ0n) is 26.4. The van der Waals surface area contributed by atoms with E-state index in [0.717, 1.165) is 59.9 Å². The lowest BCUT2D eigenvalue weighted by atomic mass is 9.88. The number of benzene rings is 3. The molecule has 44 heavy (non-hydrogen) atoms. The number of hydrogen-bond acceptors (Lipinski definition) is 6. The Bertz CT molecular complexity index is 1430. The van der Waals surface area contributed by atoms with Crippen LogP contribution in [0.15, 0.2) is 85.0 Å². The normalized spacial score (nSPS) is 11.0. The van der Waals surface area contributed by atoms with Crippen LogP contribution in [0.2, 0.25) is 0 Å². The number of rotatable bonds is 17. The lowest BCUT2D eigenvalue weighted by Crippen LogP contribution is -2.12. The molecule has 6 nitrogen and oxygen atoms in total. The fourth-order valence-electron chi connectivity index (χ4n) is 5.02. The Hall–Kier alpha value is -4.00. The Balaban J connectivity index is 1.84. The number of ether oxygens (including phenoxy) is 2. The molecule has 3 aromatic rings. The van der Waals surface area contributed by atoms with Crippen LogP contribution in [0.4, 0.5) is 0 Å². The van der Waals surface area contributed by atoms with Crippen molar-refractivity contribution in [1.82, 2.24) is 0 Å². The molecule has 3 rings (SSSR count). The number of carbonyl (C=O) groups excluding carboxylic acids is 2. The fourth-order valence-corrected chi connectivity index (χ4v) is 5.02. The summed E-state index contributed by atoms with van der Waals surface area (Å²) < 4.78 is 10.7. The van der Waals surface area contributed by atoms with Crippen molar-refractivity contribution in [3.63, 3.8) is 0 Å². The zero-order valence-corrected chi connectivity index (χ0v) is 26.4. The molecule has 0 aliphatic rings. The van der Waals surface area contributed by atoms with Gasteiger partial charge in [0, 0.05) is 36.7 Å². The van der Waals surface area contributed by atoms with E-state index in [-0.39, 0.29) is 31.7 Å². The molecular weight excluding hydrogens is 552 g/mol. The third-order valence-electron chi connectivity index (χ3n) is 7.74. The summed E-state index contributed by atoms with van der Waals surface area (Å²) in [6.07, 6.45) is 4.47. The van der Waals surface area contributed by atoms with E-state index in [4.69, 9.17) is 9.47 Å². The third kappa shape index (κ3) is 10.0. The molecule has 0 amide bonds. The van der Waals surface area contributed by atoms with Crippen LogP contribution in [0.5, 0.6) is 0 Å². The van der Waals surface area contributed by atoms with Crippen molar-refractivity contribution < 1.29 is 29.3 Å². The summed E-state index contributed by atoms with van der Waals surface area (Å²) in [6, 6.07) is 21.4. The van der Waals surface area contributed by atoms with Gasteiger partial charge in [0.25, 0.3) is 0 Å². The summed E-state index contributed by atoms with van der Waals surface area (Å²) >= 11 is 0. The van der Waals surface area contributed by atoms with Crippen molar-refractivity contribution in [1.29, 1.82) is 0 Å². The molecule has 0 saturated carbocycles. The smallest absolute Gasteiger partial charge is 0.333 e. The molecule has 0 aliphatic carbocycles. The highest BCUT2D eigenvalue weighted by atomic mass is 16.5. The minimum atomic E-state index is -0.393. The van der Waals surface area contributed by atoms with Crippen molar-refractivity contribution in [3.05, 3.63) is 107 Å². The maximum absolute atomic E-state index is 12.1. The van der Waals surface area contributed by atoms with Crippen LogP contribution in [-0.4, -0.2) is 48.6 Å². The Morgan fingerprint density at radius 2 is 1.27 bits per heavy atom. The minimum Gasteiger partial charge on any atom is -0.462 e. The molecule has 0 heterocycles. The molecule has 0 saturated heterocycles. The summed E-state index contributed by atoms with van der Waals surface area (Å²) in [5.41, 5.74) is 9.85. The first-order valence-corrected chi connectivity index (χ1v) is 15.4. The third-order valence-corrected chi connectivity index (χ3v) is 7.74. The first kappa shape index (κ1) is 34.5. The Kier molecular flexibility index (Phi) is 13.6. The lowest BCUT2D eigenvalue weighted by molar-refractivity contribution is -0.139. The largest absolute Gasteiger partial charge is 0.462 e. The van der Waals surface area contributed by atoms with E-state index in [1.807, 2.05) is 0 Å². The molecule has 6 heteroatoms. The average Bonchev–Trinajstić information content (AvgIpc) is 3.03. The molecule has 3 aromatic carbocycles. The summed E-state index contributed by atoms with van der Waals surface area (Å²) in [5.74, 6) is -0.859. The van der Waals surface area contributed by atoms with E-state index in [2.05, 4.69) is 80.7 Å². The van der Waals surface area contributed by atoms with E-state index in [0.29, 0.717) is 24.2 Å². The predicted molar refractivity (Wildman–Crippen MR) is 176 cm³/mol. The topological polar surface area (TPSA) is 93.1 Å². The van der Waals surface area contributed by atoms with Gasteiger partial charge in [-0.25, -0.2) is 9.59 Å². The SMILES string of the molecule is C=C(C)C(=O)OCCCc1ccc(-c2ccc(-c3ccc(CCC(CO)CO)cc3CC)c(CCOC(=O)C(=C)C)c2)cc1. The molecule has 0 unspecified atom stereocenters. The highest BCUT2D eigenvalue weighted by molar-refractivity contribution is 5.87. The van der Waals surface area contributed by atoms with E-state index in [1.54, 1.807) is 13.8 Å². The van der Waals surface area contributed by atoms with Crippen LogP contribution in [0.1, 0.15) is 55.9 Å². The van der Waals surface area contributed by atoms with Crippen LogP contribution in [0.3, 0.4) is 0 Å². The van der Waals surface area contributed by atoms with E-state index in [1.165, 1.54) is 16.7 Å². The zero-order chi connectivity index (χ0) is 32.1. The Morgan fingerprint density at radius 1 is 0.705 bits per heavy atom. The van der Waals surface area contributed by atoms with Gasteiger partial charge in [-0.15, -0.1) is 0 Å². The quantitative estimate of drug-likeness (QED) is 0.101. The van der Waals surface area contributed by atoms with Gasteiger partial charge in [-0.1, -0.05) is 80.7 Å². The molecule has 234 valence electrons. The molecule has 0 bridgehead atoms.